The summed E-state index contributed by atoms with van der Waals surface area (Å²) in [5, 5.41) is 9.59. The highest BCUT2D eigenvalue weighted by atomic mass is 79.9. The summed E-state index contributed by atoms with van der Waals surface area (Å²) < 4.78 is 14.1. The highest BCUT2D eigenvalue weighted by Crippen LogP contribution is 2.09. The maximum Gasteiger partial charge on any atom is 0.356 e. The molecule has 164 valence electrons. The van der Waals surface area contributed by atoms with E-state index in [1.54, 1.807) is 19.1 Å². The Morgan fingerprint density at radius 1 is 0.935 bits per heavy atom. The van der Waals surface area contributed by atoms with Gasteiger partial charge in [-0.05, 0) is 38.1 Å². The van der Waals surface area contributed by atoms with Crippen molar-refractivity contribution < 1.29 is 28.9 Å². The minimum atomic E-state index is -0.509. The number of rotatable bonds is 4. The summed E-state index contributed by atoms with van der Waals surface area (Å²) >= 11 is 3.14. The van der Waals surface area contributed by atoms with Gasteiger partial charge in [0.2, 0.25) is 0 Å². The molecule has 0 spiro atoms. The second-order valence-corrected chi connectivity index (χ2v) is 5.60. The predicted molar refractivity (Wildman–Crippen MR) is 119 cm³/mol. The first-order chi connectivity index (χ1) is 14.9. The minimum Gasteiger partial charge on any atom is -0.506 e. The van der Waals surface area contributed by atoms with Crippen molar-refractivity contribution in [2.45, 2.75) is 13.8 Å². The van der Waals surface area contributed by atoms with Crippen LogP contribution in [-0.4, -0.2) is 53.2 Å². The summed E-state index contributed by atoms with van der Waals surface area (Å²) in [5.74, 6) is 10.6. The zero-order valence-corrected chi connectivity index (χ0v) is 19.2. The number of carbonyl (C=O) groups is 2. The first-order valence-electron chi connectivity index (χ1n) is 8.69. The van der Waals surface area contributed by atoms with E-state index in [0.717, 1.165) is 5.33 Å². The summed E-state index contributed by atoms with van der Waals surface area (Å²) in [6.45, 7) is 3.87. The Morgan fingerprint density at radius 3 is 1.84 bits per heavy atom. The van der Waals surface area contributed by atoms with E-state index in [1.165, 1.54) is 38.7 Å². The third kappa shape index (κ3) is 12.6. The van der Waals surface area contributed by atoms with Gasteiger partial charge < -0.3 is 19.3 Å². The highest BCUT2D eigenvalue weighted by Gasteiger charge is 2.06. The van der Waals surface area contributed by atoms with Crippen molar-refractivity contribution in [2.24, 2.45) is 0 Å². The number of esters is 2. The number of aromatic nitrogens is 2. The van der Waals surface area contributed by atoms with Crippen LogP contribution in [0.3, 0.4) is 0 Å². The van der Waals surface area contributed by atoms with E-state index in [4.69, 9.17) is 9.84 Å². The second kappa shape index (κ2) is 17.3. The molecular weight excluding hydrogens is 468 g/mol. The van der Waals surface area contributed by atoms with Gasteiger partial charge in [-0.3, -0.25) is 0 Å². The Labute approximate surface area is 190 Å². The van der Waals surface area contributed by atoms with Crippen LogP contribution < -0.4 is 4.74 Å². The zero-order chi connectivity index (χ0) is 23.5. The number of alkyl halides is 1. The maximum absolute atomic E-state index is 11.0. The van der Waals surface area contributed by atoms with E-state index in [1.807, 2.05) is 6.92 Å². The topological polar surface area (TPSA) is 108 Å². The van der Waals surface area contributed by atoms with E-state index in [-0.39, 0.29) is 17.1 Å². The van der Waals surface area contributed by atoms with Crippen molar-refractivity contribution in [3.63, 3.8) is 0 Å². The molecule has 0 aromatic carbocycles. The van der Waals surface area contributed by atoms with E-state index in [2.05, 4.69) is 59.1 Å². The van der Waals surface area contributed by atoms with Crippen LogP contribution in [0.2, 0.25) is 0 Å². The van der Waals surface area contributed by atoms with Crippen molar-refractivity contribution in [1.82, 2.24) is 9.97 Å². The Hall–Kier alpha value is -3.56. The van der Waals surface area contributed by atoms with Gasteiger partial charge >= 0.3 is 11.9 Å². The first kappa shape index (κ1) is 27.4. The van der Waals surface area contributed by atoms with Gasteiger partial charge in [-0.1, -0.05) is 27.8 Å². The van der Waals surface area contributed by atoms with E-state index < -0.39 is 11.9 Å². The number of halogens is 1. The number of hydrogen-bond donors (Lipinski definition) is 1. The highest BCUT2D eigenvalue weighted by molar-refractivity contribution is 9.09. The Kier molecular flexibility index (Phi) is 15.3. The number of aromatic hydroxyl groups is 1. The van der Waals surface area contributed by atoms with Crippen LogP contribution in [0, 0.1) is 23.7 Å². The molecule has 0 saturated carbocycles. The molecule has 0 atom stereocenters. The van der Waals surface area contributed by atoms with Crippen LogP contribution in [0.1, 0.15) is 34.8 Å². The fourth-order valence-corrected chi connectivity index (χ4v) is 1.84. The Morgan fingerprint density at radius 2 is 1.48 bits per heavy atom. The molecule has 0 aliphatic rings. The van der Waals surface area contributed by atoms with Crippen molar-refractivity contribution in [3.05, 3.63) is 48.0 Å². The van der Waals surface area contributed by atoms with E-state index in [9.17, 15) is 9.59 Å². The maximum atomic E-state index is 11.0. The summed E-state index contributed by atoms with van der Waals surface area (Å²) in [7, 11) is 2.59. The lowest BCUT2D eigenvalue weighted by Gasteiger charge is -2.02. The van der Waals surface area contributed by atoms with Gasteiger partial charge in [-0.25, -0.2) is 19.6 Å². The molecule has 2 rings (SSSR count). The van der Waals surface area contributed by atoms with Crippen LogP contribution in [0.25, 0.3) is 0 Å². The van der Waals surface area contributed by atoms with Crippen LogP contribution in [-0.2, 0) is 9.47 Å². The zero-order valence-electron chi connectivity index (χ0n) is 17.6. The smallest absolute Gasteiger partial charge is 0.356 e. The van der Waals surface area contributed by atoms with E-state index >= 15 is 0 Å². The minimum absolute atomic E-state index is 0.0256. The molecule has 0 bridgehead atoms. The van der Waals surface area contributed by atoms with Crippen molar-refractivity contribution >= 4 is 27.9 Å². The lowest BCUT2D eigenvalue weighted by Crippen LogP contribution is -2.04. The molecule has 2 aromatic rings. The SMILES string of the molecule is CC#CCBr.CC#CCOc1ccc(C(=O)OC)nc1.COC(=O)c1ccc(O)cn1. The van der Waals surface area contributed by atoms with Crippen LogP contribution in [0.15, 0.2) is 36.7 Å². The summed E-state index contributed by atoms with van der Waals surface area (Å²) in [5.41, 5.74) is 0.441. The third-order valence-corrected chi connectivity index (χ3v) is 3.29. The summed E-state index contributed by atoms with van der Waals surface area (Å²) in [6.07, 6.45) is 2.65. The molecule has 31 heavy (non-hydrogen) atoms. The van der Waals surface area contributed by atoms with Crippen LogP contribution >= 0.6 is 15.9 Å². The molecule has 8 nitrogen and oxygen atoms in total. The molecular formula is C22H23BrN2O6. The fraction of sp³-hybridized carbons (Fsp3) is 0.273. The molecule has 9 heteroatoms. The fourth-order valence-electron chi connectivity index (χ4n) is 1.56. The summed E-state index contributed by atoms with van der Waals surface area (Å²) in [6, 6.07) is 5.96. The average molecular weight is 491 g/mol. The van der Waals surface area contributed by atoms with Gasteiger partial charge in [-0.2, -0.15) is 0 Å². The number of carbonyl (C=O) groups excluding carboxylic acids is 2. The average Bonchev–Trinajstić information content (AvgIpc) is 2.80. The van der Waals surface area contributed by atoms with Gasteiger partial charge in [0.25, 0.3) is 0 Å². The van der Waals surface area contributed by atoms with Gasteiger partial charge in [0.1, 0.15) is 29.5 Å². The number of ether oxygens (including phenoxy) is 3. The number of pyridine rings is 2. The Bertz CT molecular complexity index is 923. The molecule has 0 aliphatic carbocycles. The Balaban J connectivity index is 0.000000492. The lowest BCUT2D eigenvalue weighted by molar-refractivity contribution is 0.0585. The standard InChI is InChI=1S/C11H11NO3.C7H7NO3.C4H5Br/c1-3-4-7-15-9-5-6-10(12-8-9)11(13)14-2;1-11-7(10)6-3-2-5(9)4-8-6;1-2-3-4-5/h5-6,8H,7H2,1-2H3;2-4,9H,1H3;4H2,1H3. The molecule has 0 radical (unpaired) electrons. The van der Waals surface area contributed by atoms with E-state index in [0.29, 0.717) is 12.4 Å². The van der Waals surface area contributed by atoms with Gasteiger partial charge in [0.15, 0.2) is 0 Å². The van der Waals surface area contributed by atoms with Crippen LogP contribution in [0.5, 0.6) is 11.5 Å². The molecule has 2 aromatic heterocycles. The van der Waals surface area contributed by atoms with Crippen molar-refractivity contribution in [1.29, 1.82) is 0 Å². The van der Waals surface area contributed by atoms with Crippen LogP contribution in [0.4, 0.5) is 0 Å². The second-order valence-electron chi connectivity index (χ2n) is 5.04. The third-order valence-electron chi connectivity index (χ3n) is 3.00. The molecule has 0 aliphatic heterocycles. The molecule has 0 unspecified atom stereocenters. The number of nitrogens with zero attached hydrogens (tertiary/aromatic N) is 2. The van der Waals surface area contributed by atoms with Crippen molar-refractivity contribution in [2.75, 3.05) is 26.2 Å². The largest absolute Gasteiger partial charge is 0.506 e. The number of hydrogen-bond acceptors (Lipinski definition) is 8. The molecule has 0 fully saturated rings. The van der Waals surface area contributed by atoms with Gasteiger partial charge in [0.05, 0.1) is 31.9 Å². The van der Waals surface area contributed by atoms with Crippen molar-refractivity contribution in [3.8, 4) is 35.2 Å². The predicted octanol–water partition coefficient (Wildman–Crippen LogP) is 3.25. The van der Waals surface area contributed by atoms with Gasteiger partial charge in [-0.15, -0.1) is 11.8 Å². The lowest BCUT2D eigenvalue weighted by atomic mass is 10.3. The first-order valence-corrected chi connectivity index (χ1v) is 9.81. The quantitative estimate of drug-likeness (QED) is 0.395. The number of methoxy groups -OCH3 is 2. The monoisotopic (exact) mass is 490 g/mol. The normalized spacial score (nSPS) is 8.29. The molecule has 0 amide bonds. The molecule has 2 heterocycles. The summed E-state index contributed by atoms with van der Waals surface area (Å²) in [4.78, 5) is 29.3. The molecule has 0 saturated heterocycles. The molecule has 1 N–H and O–H groups in total. The van der Waals surface area contributed by atoms with Gasteiger partial charge in [0, 0.05) is 0 Å².